The van der Waals surface area contributed by atoms with Gasteiger partial charge in [-0.3, -0.25) is 0 Å². The van der Waals surface area contributed by atoms with Crippen LogP contribution in [0, 0.1) is 5.92 Å². The lowest BCUT2D eigenvalue weighted by Gasteiger charge is -2.38. The van der Waals surface area contributed by atoms with Crippen LogP contribution in [0.1, 0.15) is 29.5 Å². The third-order valence-electron chi connectivity index (χ3n) is 6.66. The van der Waals surface area contributed by atoms with Gasteiger partial charge in [0.2, 0.25) is 10.0 Å². The summed E-state index contributed by atoms with van der Waals surface area (Å²) in [5.41, 5.74) is 3.30. The SMILES string of the molecule is CN1CCN(S(=O)(=O)c2ccc3c(c2)C2C=CCC2C(c2ccc(Cl)cc2)N3)CC1. The highest BCUT2D eigenvalue weighted by molar-refractivity contribution is 7.89. The minimum atomic E-state index is -3.48. The maximum Gasteiger partial charge on any atom is 0.243 e. The second kappa shape index (κ2) is 7.68. The number of likely N-dealkylation sites (N-methyl/N-ethyl adjacent to an activating group) is 1. The van der Waals surface area contributed by atoms with Gasteiger partial charge >= 0.3 is 0 Å². The molecule has 0 bridgehead atoms. The fourth-order valence-corrected chi connectivity index (χ4v) is 6.49. The molecular weight excluding hydrogens is 418 g/mol. The minimum absolute atomic E-state index is 0.176. The molecule has 2 heterocycles. The van der Waals surface area contributed by atoms with Gasteiger partial charge in [-0.05, 0) is 60.8 Å². The van der Waals surface area contributed by atoms with E-state index in [9.17, 15) is 8.42 Å². The summed E-state index contributed by atoms with van der Waals surface area (Å²) in [7, 11) is -1.45. The molecule has 3 unspecified atom stereocenters. The van der Waals surface area contributed by atoms with Gasteiger partial charge in [-0.2, -0.15) is 4.31 Å². The van der Waals surface area contributed by atoms with Crippen LogP contribution in [0.5, 0.6) is 0 Å². The first-order valence-electron chi connectivity index (χ1n) is 10.4. The summed E-state index contributed by atoms with van der Waals surface area (Å²) in [5, 5.41) is 4.40. The number of hydrogen-bond acceptors (Lipinski definition) is 4. The van der Waals surface area contributed by atoms with Gasteiger partial charge in [0, 0.05) is 42.8 Å². The molecule has 5 rings (SSSR count). The fraction of sp³-hybridized carbons (Fsp3) is 0.391. The second-order valence-electron chi connectivity index (χ2n) is 8.48. The second-order valence-corrected chi connectivity index (χ2v) is 10.9. The van der Waals surface area contributed by atoms with Crippen LogP contribution in [0.2, 0.25) is 5.02 Å². The van der Waals surface area contributed by atoms with E-state index in [1.54, 1.807) is 10.4 Å². The number of anilines is 1. The lowest BCUT2D eigenvalue weighted by atomic mass is 9.77. The fourth-order valence-electron chi connectivity index (χ4n) is 4.91. The van der Waals surface area contributed by atoms with Crippen molar-refractivity contribution in [2.75, 3.05) is 38.5 Å². The number of sulfonamides is 1. The van der Waals surface area contributed by atoms with Crippen molar-refractivity contribution in [2.24, 2.45) is 5.92 Å². The average Bonchev–Trinajstić information content (AvgIpc) is 3.24. The normalized spacial score (nSPS) is 26.8. The van der Waals surface area contributed by atoms with E-state index in [1.165, 1.54) is 5.56 Å². The minimum Gasteiger partial charge on any atom is -0.378 e. The Morgan fingerprint density at radius 1 is 1.03 bits per heavy atom. The van der Waals surface area contributed by atoms with Crippen molar-refractivity contribution < 1.29 is 8.42 Å². The highest BCUT2D eigenvalue weighted by Gasteiger charge is 2.39. The van der Waals surface area contributed by atoms with E-state index in [-0.39, 0.29) is 12.0 Å². The highest BCUT2D eigenvalue weighted by Crippen LogP contribution is 2.50. The van der Waals surface area contributed by atoms with Gasteiger partial charge in [-0.1, -0.05) is 35.9 Å². The lowest BCUT2D eigenvalue weighted by Crippen LogP contribution is -2.47. The molecule has 30 heavy (non-hydrogen) atoms. The summed E-state index contributed by atoms with van der Waals surface area (Å²) >= 11 is 6.08. The standard InChI is InChI=1S/C23H26ClN3O2S/c1-26-11-13-27(14-12-26)30(28,29)18-9-10-22-21(15-18)19-3-2-4-20(19)23(25-22)16-5-7-17(24)8-6-16/h2-3,5-10,15,19-20,23,25H,4,11-14H2,1H3. The molecular formula is C23H26ClN3O2S. The molecule has 0 aromatic heterocycles. The molecule has 158 valence electrons. The van der Waals surface area contributed by atoms with Crippen molar-refractivity contribution in [3.63, 3.8) is 0 Å². The van der Waals surface area contributed by atoms with Crippen molar-refractivity contribution in [1.29, 1.82) is 0 Å². The summed E-state index contributed by atoms with van der Waals surface area (Å²) in [6, 6.07) is 13.8. The van der Waals surface area contributed by atoms with Gasteiger partial charge in [0.15, 0.2) is 0 Å². The Balaban J connectivity index is 1.48. The Hall–Kier alpha value is -1.86. The molecule has 2 aromatic rings. The molecule has 0 saturated carbocycles. The zero-order valence-corrected chi connectivity index (χ0v) is 18.5. The van der Waals surface area contributed by atoms with Crippen LogP contribution in [0.15, 0.2) is 59.5 Å². The number of piperazine rings is 1. The van der Waals surface area contributed by atoms with E-state index < -0.39 is 10.0 Å². The third-order valence-corrected chi connectivity index (χ3v) is 8.81. The number of halogens is 1. The van der Waals surface area contributed by atoms with Gasteiger partial charge in [0.1, 0.15) is 0 Å². The molecule has 0 spiro atoms. The maximum atomic E-state index is 13.2. The summed E-state index contributed by atoms with van der Waals surface area (Å²) in [6.45, 7) is 2.61. The molecule has 3 aliphatic rings. The number of rotatable bonds is 3. The van der Waals surface area contributed by atoms with Crippen LogP contribution < -0.4 is 5.32 Å². The number of nitrogens with one attached hydrogen (secondary N) is 1. The molecule has 1 fully saturated rings. The number of fused-ring (bicyclic) bond motifs is 3. The molecule has 5 nitrogen and oxygen atoms in total. The van der Waals surface area contributed by atoms with E-state index in [0.29, 0.717) is 23.9 Å². The van der Waals surface area contributed by atoms with Crippen LogP contribution >= 0.6 is 11.6 Å². The van der Waals surface area contributed by atoms with E-state index >= 15 is 0 Å². The predicted molar refractivity (Wildman–Crippen MR) is 121 cm³/mol. The summed E-state index contributed by atoms with van der Waals surface area (Å²) in [4.78, 5) is 2.56. The number of nitrogens with zero attached hydrogens (tertiary/aromatic N) is 2. The number of allylic oxidation sites excluding steroid dienone is 2. The summed E-state index contributed by atoms with van der Waals surface area (Å²) in [6.07, 6.45) is 5.43. The maximum absolute atomic E-state index is 13.2. The Kier molecular flexibility index (Phi) is 5.14. The number of hydrogen-bond donors (Lipinski definition) is 1. The van der Waals surface area contributed by atoms with Crippen LogP contribution in [0.3, 0.4) is 0 Å². The van der Waals surface area contributed by atoms with Crippen molar-refractivity contribution in [2.45, 2.75) is 23.3 Å². The third kappa shape index (κ3) is 3.46. The van der Waals surface area contributed by atoms with Crippen LogP contribution in [-0.4, -0.2) is 50.8 Å². The van der Waals surface area contributed by atoms with Crippen molar-refractivity contribution in [1.82, 2.24) is 9.21 Å². The summed E-state index contributed by atoms with van der Waals surface area (Å²) in [5.74, 6) is 0.574. The molecule has 1 N–H and O–H groups in total. The van der Waals surface area contributed by atoms with Gasteiger partial charge in [-0.15, -0.1) is 0 Å². The molecule has 3 atom stereocenters. The molecule has 7 heteroatoms. The smallest absolute Gasteiger partial charge is 0.243 e. The van der Waals surface area contributed by atoms with Gasteiger partial charge in [-0.25, -0.2) is 8.42 Å². The highest BCUT2D eigenvalue weighted by atomic mass is 35.5. The Morgan fingerprint density at radius 3 is 2.50 bits per heavy atom. The van der Waals surface area contributed by atoms with Gasteiger partial charge in [0.25, 0.3) is 0 Å². The lowest BCUT2D eigenvalue weighted by molar-refractivity contribution is 0.222. The van der Waals surface area contributed by atoms with Crippen LogP contribution in [0.4, 0.5) is 5.69 Å². The van der Waals surface area contributed by atoms with E-state index in [0.717, 1.165) is 35.8 Å². The predicted octanol–water partition coefficient (Wildman–Crippen LogP) is 4.10. The average molecular weight is 444 g/mol. The van der Waals surface area contributed by atoms with Gasteiger partial charge < -0.3 is 10.2 Å². The molecule has 1 saturated heterocycles. The Morgan fingerprint density at radius 2 is 1.77 bits per heavy atom. The van der Waals surface area contributed by atoms with E-state index in [1.807, 2.05) is 31.3 Å². The zero-order chi connectivity index (χ0) is 20.9. The first-order chi connectivity index (χ1) is 14.4. The number of benzene rings is 2. The molecule has 2 aromatic carbocycles. The monoisotopic (exact) mass is 443 g/mol. The van der Waals surface area contributed by atoms with E-state index in [4.69, 9.17) is 11.6 Å². The largest absolute Gasteiger partial charge is 0.378 e. The molecule has 1 aliphatic carbocycles. The quantitative estimate of drug-likeness (QED) is 0.725. The zero-order valence-electron chi connectivity index (χ0n) is 17.0. The molecule has 0 amide bonds. The van der Waals surface area contributed by atoms with Gasteiger partial charge in [0.05, 0.1) is 10.9 Å². The molecule has 0 radical (unpaired) electrons. The van der Waals surface area contributed by atoms with Crippen molar-refractivity contribution in [3.05, 3.63) is 70.8 Å². The first kappa shape index (κ1) is 20.1. The first-order valence-corrected chi connectivity index (χ1v) is 12.3. The van der Waals surface area contributed by atoms with Crippen LogP contribution in [-0.2, 0) is 10.0 Å². The summed E-state index contributed by atoms with van der Waals surface area (Å²) < 4.78 is 28.1. The molecule has 2 aliphatic heterocycles. The van der Waals surface area contributed by atoms with E-state index in [2.05, 4.69) is 34.5 Å². The topological polar surface area (TPSA) is 52.7 Å². The van der Waals surface area contributed by atoms with Crippen LogP contribution in [0.25, 0.3) is 0 Å². The van der Waals surface area contributed by atoms with Crippen molar-refractivity contribution in [3.8, 4) is 0 Å². The van der Waals surface area contributed by atoms with Crippen molar-refractivity contribution >= 4 is 27.3 Å². The Bertz CT molecular complexity index is 1080. The Labute approximate surface area is 183 Å².